The number of morpholine rings is 1. The van der Waals surface area contributed by atoms with E-state index in [1.54, 1.807) is 24.3 Å². The number of ether oxygens (including phenoxy) is 1. The molecular weight excluding hydrogens is 392 g/mol. The molecule has 128 valence electrons. The van der Waals surface area contributed by atoms with Gasteiger partial charge in [-0.05, 0) is 42.8 Å². The molecule has 7 heteroatoms. The highest BCUT2D eigenvalue weighted by Crippen LogP contribution is 2.31. The summed E-state index contributed by atoms with van der Waals surface area (Å²) in [6.45, 7) is 4.62. The molecule has 1 saturated heterocycles. The summed E-state index contributed by atoms with van der Waals surface area (Å²) in [6, 6.07) is 12.5. The van der Waals surface area contributed by atoms with Gasteiger partial charge in [0, 0.05) is 17.6 Å². The Bertz CT molecular complexity index is 833. The van der Waals surface area contributed by atoms with Crippen molar-refractivity contribution >= 4 is 37.3 Å². The molecule has 0 saturated carbocycles. The van der Waals surface area contributed by atoms with Gasteiger partial charge in [-0.15, -0.1) is 0 Å². The summed E-state index contributed by atoms with van der Waals surface area (Å²) in [5, 5.41) is 0. The number of nitrogens with zero attached hydrogens (tertiary/aromatic N) is 1. The summed E-state index contributed by atoms with van der Waals surface area (Å²) in [6.07, 6.45) is 0. The molecule has 1 fully saturated rings. The molecule has 1 aliphatic rings. The van der Waals surface area contributed by atoms with Crippen molar-refractivity contribution in [3.8, 4) is 0 Å². The van der Waals surface area contributed by atoms with Crippen molar-refractivity contribution < 1.29 is 13.2 Å². The minimum Gasteiger partial charge on any atom is -0.378 e. The van der Waals surface area contributed by atoms with Crippen molar-refractivity contribution in [2.24, 2.45) is 0 Å². The molecule has 0 amide bonds. The third-order valence-electron chi connectivity index (χ3n) is 3.85. The van der Waals surface area contributed by atoms with Crippen LogP contribution in [0, 0.1) is 6.92 Å². The number of anilines is 2. The minimum atomic E-state index is -3.64. The lowest BCUT2D eigenvalue weighted by atomic mass is 10.2. The van der Waals surface area contributed by atoms with Crippen LogP contribution in [0.2, 0.25) is 0 Å². The number of rotatable bonds is 4. The van der Waals surface area contributed by atoms with Crippen molar-refractivity contribution in [3.05, 3.63) is 52.5 Å². The first-order valence-electron chi connectivity index (χ1n) is 7.67. The Morgan fingerprint density at radius 1 is 1.12 bits per heavy atom. The molecule has 0 radical (unpaired) electrons. The second-order valence-corrected chi connectivity index (χ2v) is 8.28. The van der Waals surface area contributed by atoms with E-state index in [1.165, 1.54) is 0 Å². The molecule has 3 rings (SSSR count). The summed E-state index contributed by atoms with van der Waals surface area (Å²) in [5.74, 6) is 0. The Kier molecular flexibility index (Phi) is 5.12. The quantitative estimate of drug-likeness (QED) is 0.838. The topological polar surface area (TPSA) is 58.6 Å². The summed E-state index contributed by atoms with van der Waals surface area (Å²) in [7, 11) is -3.64. The van der Waals surface area contributed by atoms with Gasteiger partial charge in [0.05, 0.1) is 29.5 Å². The number of benzene rings is 2. The van der Waals surface area contributed by atoms with Crippen LogP contribution in [0.5, 0.6) is 0 Å². The van der Waals surface area contributed by atoms with E-state index in [2.05, 4.69) is 25.6 Å². The van der Waals surface area contributed by atoms with Gasteiger partial charge in [0.2, 0.25) is 0 Å². The fraction of sp³-hybridized carbons (Fsp3) is 0.294. The van der Waals surface area contributed by atoms with E-state index in [-0.39, 0.29) is 4.90 Å². The van der Waals surface area contributed by atoms with Crippen LogP contribution in [0.4, 0.5) is 11.4 Å². The van der Waals surface area contributed by atoms with Crippen LogP contribution in [0.25, 0.3) is 0 Å². The van der Waals surface area contributed by atoms with Crippen molar-refractivity contribution in [3.63, 3.8) is 0 Å². The predicted octanol–water partition coefficient (Wildman–Crippen LogP) is 3.39. The zero-order chi connectivity index (χ0) is 17.2. The lowest BCUT2D eigenvalue weighted by Crippen LogP contribution is -2.36. The van der Waals surface area contributed by atoms with Gasteiger partial charge >= 0.3 is 0 Å². The van der Waals surface area contributed by atoms with E-state index in [1.807, 2.05) is 25.1 Å². The number of hydrogen-bond donors (Lipinski definition) is 1. The number of hydrogen-bond acceptors (Lipinski definition) is 4. The van der Waals surface area contributed by atoms with Crippen molar-refractivity contribution in [1.29, 1.82) is 0 Å². The normalized spacial score (nSPS) is 15.3. The van der Waals surface area contributed by atoms with Crippen molar-refractivity contribution in [2.45, 2.75) is 11.8 Å². The van der Waals surface area contributed by atoms with E-state index in [4.69, 9.17) is 4.74 Å². The molecule has 24 heavy (non-hydrogen) atoms. The third-order valence-corrected chi connectivity index (χ3v) is 5.71. The van der Waals surface area contributed by atoms with Crippen LogP contribution in [-0.2, 0) is 14.8 Å². The average Bonchev–Trinajstić information content (AvgIpc) is 2.55. The molecule has 2 aromatic rings. The number of halogens is 1. The van der Waals surface area contributed by atoms with Crippen molar-refractivity contribution in [1.82, 2.24) is 0 Å². The van der Waals surface area contributed by atoms with E-state index in [0.717, 1.165) is 28.8 Å². The zero-order valence-electron chi connectivity index (χ0n) is 13.3. The Balaban J connectivity index is 1.95. The maximum absolute atomic E-state index is 12.7. The maximum atomic E-state index is 12.7. The number of nitrogens with one attached hydrogen (secondary N) is 1. The minimum absolute atomic E-state index is 0.260. The highest BCUT2D eigenvalue weighted by Gasteiger charge is 2.20. The molecule has 0 atom stereocenters. The molecule has 0 unspecified atom stereocenters. The highest BCUT2D eigenvalue weighted by molar-refractivity contribution is 9.10. The van der Waals surface area contributed by atoms with E-state index < -0.39 is 10.0 Å². The van der Waals surface area contributed by atoms with Gasteiger partial charge in [-0.1, -0.05) is 28.1 Å². The van der Waals surface area contributed by atoms with Gasteiger partial charge < -0.3 is 9.64 Å². The second kappa shape index (κ2) is 7.13. The lowest BCUT2D eigenvalue weighted by molar-refractivity contribution is 0.123. The van der Waals surface area contributed by atoms with Gasteiger partial charge in [0.25, 0.3) is 10.0 Å². The molecule has 0 spiro atoms. The Morgan fingerprint density at radius 2 is 1.88 bits per heavy atom. The predicted molar refractivity (Wildman–Crippen MR) is 99.2 cm³/mol. The van der Waals surface area contributed by atoms with Crippen LogP contribution >= 0.6 is 15.9 Å². The largest absolute Gasteiger partial charge is 0.378 e. The summed E-state index contributed by atoms with van der Waals surface area (Å²) in [5.41, 5.74) is 2.33. The molecule has 1 heterocycles. The first-order valence-corrected chi connectivity index (χ1v) is 9.95. The Labute approximate surface area is 150 Å². The fourth-order valence-corrected chi connectivity index (χ4v) is 4.19. The van der Waals surface area contributed by atoms with Crippen LogP contribution in [0.1, 0.15) is 5.56 Å². The summed E-state index contributed by atoms with van der Waals surface area (Å²) in [4.78, 5) is 2.39. The van der Waals surface area contributed by atoms with Gasteiger partial charge in [-0.25, -0.2) is 8.42 Å². The summed E-state index contributed by atoms with van der Waals surface area (Å²) < 4.78 is 34.4. The standard InChI is InChI=1S/C17H19BrN2O3S/c1-13-3-2-4-15(11-13)24(21,22)19-16-12-14(18)5-6-17(16)20-7-9-23-10-8-20/h2-6,11-12,19H,7-10H2,1H3. The van der Waals surface area contributed by atoms with E-state index in [9.17, 15) is 8.42 Å². The maximum Gasteiger partial charge on any atom is 0.261 e. The fourth-order valence-electron chi connectivity index (χ4n) is 2.66. The molecule has 2 aromatic carbocycles. The van der Waals surface area contributed by atoms with Crippen LogP contribution in [0.15, 0.2) is 51.8 Å². The SMILES string of the molecule is Cc1cccc(S(=O)(=O)Nc2cc(Br)ccc2N2CCOCC2)c1. The van der Waals surface area contributed by atoms with Gasteiger partial charge in [0.15, 0.2) is 0 Å². The van der Waals surface area contributed by atoms with E-state index >= 15 is 0 Å². The molecule has 1 N–H and O–H groups in total. The Morgan fingerprint density at radius 3 is 2.58 bits per heavy atom. The number of sulfonamides is 1. The molecular formula is C17H19BrN2O3S. The first kappa shape index (κ1) is 17.3. The van der Waals surface area contributed by atoms with Crippen molar-refractivity contribution in [2.75, 3.05) is 35.9 Å². The summed E-state index contributed by atoms with van der Waals surface area (Å²) >= 11 is 3.42. The number of aryl methyl sites for hydroxylation is 1. The zero-order valence-corrected chi connectivity index (χ0v) is 15.7. The second-order valence-electron chi connectivity index (χ2n) is 5.68. The molecule has 0 aliphatic carbocycles. The third kappa shape index (κ3) is 3.91. The smallest absolute Gasteiger partial charge is 0.261 e. The van der Waals surface area contributed by atoms with Crippen LogP contribution in [-0.4, -0.2) is 34.7 Å². The first-order chi connectivity index (χ1) is 11.5. The average molecular weight is 411 g/mol. The monoisotopic (exact) mass is 410 g/mol. The van der Waals surface area contributed by atoms with E-state index in [0.29, 0.717) is 18.9 Å². The molecule has 0 bridgehead atoms. The Hall–Kier alpha value is -1.57. The molecule has 0 aromatic heterocycles. The van der Waals surface area contributed by atoms with Crippen LogP contribution < -0.4 is 9.62 Å². The molecule has 5 nitrogen and oxygen atoms in total. The van der Waals surface area contributed by atoms with Gasteiger partial charge in [-0.3, -0.25) is 4.72 Å². The molecule has 1 aliphatic heterocycles. The van der Waals surface area contributed by atoms with Gasteiger partial charge in [-0.2, -0.15) is 0 Å². The lowest BCUT2D eigenvalue weighted by Gasteiger charge is -2.30. The van der Waals surface area contributed by atoms with Crippen LogP contribution in [0.3, 0.4) is 0 Å². The highest BCUT2D eigenvalue weighted by atomic mass is 79.9. The van der Waals surface area contributed by atoms with Gasteiger partial charge in [0.1, 0.15) is 0 Å².